The van der Waals surface area contributed by atoms with Crippen molar-refractivity contribution in [3.8, 4) is 0 Å². The van der Waals surface area contributed by atoms with Gasteiger partial charge in [0.25, 0.3) is 0 Å². The Labute approximate surface area is 116 Å². The number of aromatic nitrogens is 1. The van der Waals surface area contributed by atoms with Crippen LogP contribution >= 0.6 is 0 Å². The van der Waals surface area contributed by atoms with Crippen LogP contribution in [0.25, 0.3) is 0 Å². The molecule has 0 radical (unpaired) electrons. The summed E-state index contributed by atoms with van der Waals surface area (Å²) in [6.07, 6.45) is 2.12. The van der Waals surface area contributed by atoms with Crippen molar-refractivity contribution in [2.24, 2.45) is 0 Å². The third-order valence-electron chi connectivity index (χ3n) is 3.49. The van der Waals surface area contributed by atoms with Crippen molar-refractivity contribution in [3.63, 3.8) is 0 Å². The molecular formula is C17H24N2. The molecule has 0 spiro atoms. The van der Waals surface area contributed by atoms with Crippen LogP contribution in [0.5, 0.6) is 0 Å². The summed E-state index contributed by atoms with van der Waals surface area (Å²) in [7, 11) is 0. The van der Waals surface area contributed by atoms with Crippen LogP contribution in [0, 0.1) is 0 Å². The minimum Gasteiger partial charge on any atom is -0.379 e. The average Bonchev–Trinajstić information content (AvgIpc) is 2.83. The van der Waals surface area contributed by atoms with Crippen LogP contribution in [-0.2, 0) is 18.5 Å². The molecule has 0 amide bonds. The molecule has 0 unspecified atom stereocenters. The Bertz CT molecular complexity index is 515. The van der Waals surface area contributed by atoms with Gasteiger partial charge >= 0.3 is 0 Å². The topological polar surface area (TPSA) is 17.0 Å². The first-order chi connectivity index (χ1) is 9.00. The van der Waals surface area contributed by atoms with Crippen molar-refractivity contribution < 1.29 is 0 Å². The molecule has 2 nitrogen and oxygen atoms in total. The maximum absolute atomic E-state index is 3.48. The molecule has 2 rings (SSSR count). The highest BCUT2D eigenvalue weighted by Gasteiger charge is 2.12. The molecule has 0 aliphatic carbocycles. The fraction of sp³-hybridized carbons (Fsp3) is 0.412. The van der Waals surface area contributed by atoms with Gasteiger partial charge in [0.2, 0.25) is 0 Å². The van der Waals surface area contributed by atoms with Crippen molar-refractivity contribution in [1.29, 1.82) is 0 Å². The summed E-state index contributed by atoms with van der Waals surface area (Å²) in [6, 6.07) is 13.0. The van der Waals surface area contributed by atoms with Crippen LogP contribution in [0.3, 0.4) is 0 Å². The zero-order chi connectivity index (χ0) is 13.9. The zero-order valence-electron chi connectivity index (χ0n) is 12.4. The molecule has 1 heterocycles. The highest BCUT2D eigenvalue weighted by Crippen LogP contribution is 2.23. The lowest BCUT2D eigenvalue weighted by atomic mass is 9.87. The minimum absolute atomic E-state index is 0.218. The van der Waals surface area contributed by atoms with Gasteiger partial charge in [-0.1, -0.05) is 32.9 Å². The largest absolute Gasteiger partial charge is 0.379 e. The van der Waals surface area contributed by atoms with Gasteiger partial charge in [-0.15, -0.1) is 0 Å². The van der Waals surface area contributed by atoms with Crippen molar-refractivity contribution in [2.45, 2.75) is 46.2 Å². The Morgan fingerprint density at radius 1 is 1.05 bits per heavy atom. The van der Waals surface area contributed by atoms with Crippen molar-refractivity contribution in [3.05, 3.63) is 53.9 Å². The van der Waals surface area contributed by atoms with E-state index in [0.717, 1.165) is 13.1 Å². The first kappa shape index (κ1) is 13.7. The van der Waals surface area contributed by atoms with Gasteiger partial charge in [0.05, 0.1) is 6.54 Å². The predicted molar refractivity (Wildman–Crippen MR) is 82.6 cm³/mol. The standard InChI is InChI=1S/C17H24N2/c1-5-19-12-6-7-16(19)13-18-15-10-8-14(9-11-15)17(2,3)4/h6-12,18H,5,13H2,1-4H3. The Hall–Kier alpha value is -1.70. The molecule has 0 bridgehead atoms. The molecule has 1 aromatic carbocycles. The number of rotatable bonds is 4. The smallest absolute Gasteiger partial charge is 0.0553 e. The van der Waals surface area contributed by atoms with Gasteiger partial charge in [0.15, 0.2) is 0 Å². The molecule has 0 aliphatic heterocycles. The molecule has 1 aromatic heterocycles. The number of anilines is 1. The van der Waals surface area contributed by atoms with Gasteiger partial charge in [-0.2, -0.15) is 0 Å². The SMILES string of the molecule is CCn1cccc1CNc1ccc(C(C)(C)C)cc1. The maximum atomic E-state index is 3.48. The minimum atomic E-state index is 0.218. The summed E-state index contributed by atoms with van der Waals surface area (Å²) in [5.41, 5.74) is 4.09. The van der Waals surface area contributed by atoms with Crippen LogP contribution in [-0.4, -0.2) is 4.57 Å². The summed E-state index contributed by atoms with van der Waals surface area (Å²) in [4.78, 5) is 0. The highest BCUT2D eigenvalue weighted by atomic mass is 15.0. The van der Waals surface area contributed by atoms with Crippen molar-refractivity contribution in [2.75, 3.05) is 5.32 Å². The monoisotopic (exact) mass is 256 g/mol. The number of hydrogen-bond acceptors (Lipinski definition) is 1. The highest BCUT2D eigenvalue weighted by molar-refractivity contribution is 5.46. The van der Waals surface area contributed by atoms with Crippen molar-refractivity contribution >= 4 is 5.69 Å². The van der Waals surface area contributed by atoms with Crippen LogP contribution < -0.4 is 5.32 Å². The normalized spacial score (nSPS) is 11.6. The molecule has 0 fully saturated rings. The molecule has 0 saturated heterocycles. The quantitative estimate of drug-likeness (QED) is 0.857. The summed E-state index contributed by atoms with van der Waals surface area (Å²) >= 11 is 0. The molecule has 0 aliphatic rings. The number of nitrogens with zero attached hydrogens (tertiary/aromatic N) is 1. The molecule has 102 valence electrons. The van der Waals surface area contributed by atoms with Crippen LogP contribution in [0.4, 0.5) is 5.69 Å². The number of nitrogens with one attached hydrogen (secondary N) is 1. The fourth-order valence-electron chi connectivity index (χ4n) is 2.20. The molecular weight excluding hydrogens is 232 g/mol. The van der Waals surface area contributed by atoms with E-state index in [-0.39, 0.29) is 5.41 Å². The van der Waals surface area contributed by atoms with E-state index < -0.39 is 0 Å². The molecule has 0 atom stereocenters. The van der Waals surface area contributed by atoms with Crippen LogP contribution in [0.15, 0.2) is 42.6 Å². The molecule has 1 N–H and O–H groups in total. The average molecular weight is 256 g/mol. The van der Waals surface area contributed by atoms with Crippen LogP contribution in [0.1, 0.15) is 39.0 Å². The van der Waals surface area contributed by atoms with E-state index in [4.69, 9.17) is 0 Å². The summed E-state index contributed by atoms with van der Waals surface area (Å²) in [5.74, 6) is 0. The Morgan fingerprint density at radius 3 is 2.32 bits per heavy atom. The van der Waals surface area contributed by atoms with E-state index in [1.165, 1.54) is 16.9 Å². The summed E-state index contributed by atoms with van der Waals surface area (Å²) in [5, 5.41) is 3.48. The Balaban J connectivity index is 2.01. The van der Waals surface area contributed by atoms with E-state index in [1.807, 2.05) is 0 Å². The second-order valence-electron chi connectivity index (χ2n) is 5.97. The van der Waals surface area contributed by atoms with E-state index in [1.54, 1.807) is 0 Å². The van der Waals surface area contributed by atoms with Gasteiger partial charge < -0.3 is 9.88 Å². The number of benzene rings is 1. The first-order valence-electron chi connectivity index (χ1n) is 6.99. The fourth-order valence-corrected chi connectivity index (χ4v) is 2.20. The number of aryl methyl sites for hydroxylation is 1. The molecule has 0 saturated carbocycles. The summed E-state index contributed by atoms with van der Waals surface area (Å²) < 4.78 is 2.26. The van der Waals surface area contributed by atoms with Gasteiger partial charge in [0, 0.05) is 24.1 Å². The third kappa shape index (κ3) is 3.40. The lowest BCUT2D eigenvalue weighted by molar-refractivity contribution is 0.590. The van der Waals surface area contributed by atoms with Crippen molar-refractivity contribution in [1.82, 2.24) is 4.57 Å². The predicted octanol–water partition coefficient (Wildman–Crippen LogP) is 4.42. The molecule has 19 heavy (non-hydrogen) atoms. The van der Waals surface area contributed by atoms with Gasteiger partial charge in [0.1, 0.15) is 0 Å². The van der Waals surface area contributed by atoms with Gasteiger partial charge in [-0.3, -0.25) is 0 Å². The lowest BCUT2D eigenvalue weighted by Gasteiger charge is -2.19. The Kier molecular flexibility index (Phi) is 3.98. The number of hydrogen-bond donors (Lipinski definition) is 1. The second kappa shape index (κ2) is 5.52. The van der Waals surface area contributed by atoms with E-state index >= 15 is 0 Å². The second-order valence-corrected chi connectivity index (χ2v) is 5.97. The molecule has 2 heteroatoms. The summed E-state index contributed by atoms with van der Waals surface area (Å²) in [6.45, 7) is 10.8. The van der Waals surface area contributed by atoms with Crippen LogP contribution in [0.2, 0.25) is 0 Å². The van der Waals surface area contributed by atoms with E-state index in [0.29, 0.717) is 0 Å². The maximum Gasteiger partial charge on any atom is 0.0553 e. The van der Waals surface area contributed by atoms with E-state index in [9.17, 15) is 0 Å². The lowest BCUT2D eigenvalue weighted by Crippen LogP contribution is -2.11. The van der Waals surface area contributed by atoms with Gasteiger partial charge in [-0.05, 0) is 42.2 Å². The van der Waals surface area contributed by atoms with E-state index in [2.05, 4.69) is 80.2 Å². The van der Waals surface area contributed by atoms with Gasteiger partial charge in [-0.25, -0.2) is 0 Å². The zero-order valence-corrected chi connectivity index (χ0v) is 12.4. The Morgan fingerprint density at radius 2 is 1.74 bits per heavy atom. The molecule has 2 aromatic rings. The third-order valence-corrected chi connectivity index (χ3v) is 3.49. The first-order valence-corrected chi connectivity index (χ1v) is 6.99.